The van der Waals surface area contributed by atoms with Gasteiger partial charge in [-0.2, -0.15) is 0 Å². The molecule has 0 radical (unpaired) electrons. The average molecular weight is 440 g/mol. The lowest BCUT2D eigenvalue weighted by Crippen LogP contribution is -2.18. The van der Waals surface area contributed by atoms with E-state index >= 15 is 0 Å². The summed E-state index contributed by atoms with van der Waals surface area (Å²) in [5.74, 6) is 1.09. The first-order valence-corrected chi connectivity index (χ1v) is 10.5. The second kappa shape index (κ2) is 9.96. The van der Waals surface area contributed by atoms with Crippen molar-refractivity contribution in [1.29, 1.82) is 0 Å². The third kappa shape index (κ3) is 5.18. The van der Waals surface area contributed by atoms with Crippen LogP contribution in [0.1, 0.15) is 15.9 Å². The molecule has 2 aromatic carbocycles. The lowest BCUT2D eigenvalue weighted by atomic mass is 10.0. The zero-order valence-electron chi connectivity index (χ0n) is 18.9. The zero-order valence-corrected chi connectivity index (χ0v) is 18.9. The summed E-state index contributed by atoms with van der Waals surface area (Å²) >= 11 is 0. The Morgan fingerprint density at radius 3 is 2.27 bits per heavy atom. The predicted octanol–water partition coefficient (Wildman–Crippen LogP) is 5.24. The van der Waals surface area contributed by atoms with E-state index in [1.165, 1.54) is 7.11 Å². The molecule has 0 fully saturated rings. The minimum Gasteiger partial charge on any atom is -0.497 e. The highest BCUT2D eigenvalue weighted by molar-refractivity contribution is 5.91. The highest BCUT2D eigenvalue weighted by Gasteiger charge is 2.14. The summed E-state index contributed by atoms with van der Waals surface area (Å²) in [5, 5.41) is 0. The maximum Gasteiger partial charge on any atom is 0.338 e. The van der Waals surface area contributed by atoms with Crippen LogP contribution in [-0.2, 0) is 11.3 Å². The number of carbonyl (C=O) groups is 1. The molecule has 4 aromatic rings. The van der Waals surface area contributed by atoms with Crippen LogP contribution < -0.4 is 9.64 Å². The van der Waals surface area contributed by atoms with E-state index in [1.807, 2.05) is 78.8 Å². The highest BCUT2D eigenvalue weighted by atomic mass is 16.5. The van der Waals surface area contributed by atoms with Crippen LogP contribution in [0.25, 0.3) is 22.4 Å². The van der Waals surface area contributed by atoms with Gasteiger partial charge in [0.1, 0.15) is 11.6 Å². The summed E-state index contributed by atoms with van der Waals surface area (Å²) in [7, 11) is 4.98. The van der Waals surface area contributed by atoms with E-state index in [-0.39, 0.29) is 0 Å². The first-order chi connectivity index (χ1) is 16.1. The second-order valence-corrected chi connectivity index (χ2v) is 7.61. The Hall–Kier alpha value is -4.19. The average Bonchev–Trinajstić information content (AvgIpc) is 2.89. The number of nitrogens with zero attached hydrogens (tertiary/aromatic N) is 3. The van der Waals surface area contributed by atoms with Crippen LogP contribution >= 0.6 is 0 Å². The standard InChI is InChI=1S/C27H25N3O3/c1-30(18-19-6-12-24(32-2)13-7-19)26-16-23(27(31)33-3)15-25(29-26)21-10-8-20(9-11-21)22-5-4-14-28-17-22/h4-17H,18H2,1-3H3. The fourth-order valence-electron chi connectivity index (χ4n) is 3.55. The van der Waals surface area contributed by atoms with E-state index in [0.717, 1.165) is 28.0 Å². The van der Waals surface area contributed by atoms with E-state index in [2.05, 4.69) is 4.98 Å². The van der Waals surface area contributed by atoms with E-state index in [0.29, 0.717) is 23.6 Å². The van der Waals surface area contributed by atoms with Crippen LogP contribution in [0.4, 0.5) is 5.82 Å². The normalized spacial score (nSPS) is 10.5. The number of esters is 1. The predicted molar refractivity (Wildman–Crippen MR) is 129 cm³/mol. The molecule has 6 nitrogen and oxygen atoms in total. The molecule has 0 spiro atoms. The van der Waals surface area contributed by atoms with Crippen molar-refractivity contribution in [2.45, 2.75) is 6.54 Å². The smallest absolute Gasteiger partial charge is 0.338 e. The molecule has 4 rings (SSSR count). The fourth-order valence-corrected chi connectivity index (χ4v) is 3.55. The van der Waals surface area contributed by atoms with Crippen molar-refractivity contribution in [3.63, 3.8) is 0 Å². The first kappa shape index (κ1) is 22.0. The molecular weight excluding hydrogens is 414 g/mol. The van der Waals surface area contributed by atoms with Crippen molar-refractivity contribution in [2.24, 2.45) is 0 Å². The summed E-state index contributed by atoms with van der Waals surface area (Å²) in [6.07, 6.45) is 3.58. The van der Waals surface area contributed by atoms with Gasteiger partial charge in [0, 0.05) is 31.5 Å². The van der Waals surface area contributed by atoms with Crippen LogP contribution in [0.3, 0.4) is 0 Å². The maximum atomic E-state index is 12.4. The largest absolute Gasteiger partial charge is 0.497 e. The van der Waals surface area contributed by atoms with E-state index in [1.54, 1.807) is 25.4 Å². The molecule has 0 bridgehead atoms. The van der Waals surface area contributed by atoms with Crippen molar-refractivity contribution >= 4 is 11.8 Å². The Bertz CT molecular complexity index is 1220. The summed E-state index contributed by atoms with van der Waals surface area (Å²) in [5.41, 5.74) is 5.27. The monoisotopic (exact) mass is 439 g/mol. The van der Waals surface area contributed by atoms with Crippen molar-refractivity contribution in [3.05, 3.63) is 96.3 Å². The molecule has 33 heavy (non-hydrogen) atoms. The molecule has 6 heteroatoms. The Labute approximate surface area is 193 Å². The number of hydrogen-bond donors (Lipinski definition) is 0. The summed E-state index contributed by atoms with van der Waals surface area (Å²) < 4.78 is 10.2. The quantitative estimate of drug-likeness (QED) is 0.367. The lowest BCUT2D eigenvalue weighted by molar-refractivity contribution is 0.0600. The number of methoxy groups -OCH3 is 2. The van der Waals surface area contributed by atoms with Crippen LogP contribution in [0, 0.1) is 0 Å². The van der Waals surface area contributed by atoms with Crippen molar-refractivity contribution < 1.29 is 14.3 Å². The molecule has 0 saturated heterocycles. The molecule has 0 unspecified atom stereocenters. The SMILES string of the molecule is COC(=O)c1cc(-c2ccc(-c3cccnc3)cc2)nc(N(C)Cc2ccc(OC)cc2)c1. The number of anilines is 1. The highest BCUT2D eigenvalue weighted by Crippen LogP contribution is 2.27. The summed E-state index contributed by atoms with van der Waals surface area (Å²) in [6.45, 7) is 0.626. The zero-order chi connectivity index (χ0) is 23.2. The van der Waals surface area contributed by atoms with Gasteiger partial charge in [-0.3, -0.25) is 4.98 Å². The number of carbonyl (C=O) groups excluding carboxylic acids is 1. The number of ether oxygens (including phenoxy) is 2. The van der Waals surface area contributed by atoms with Crippen LogP contribution in [-0.4, -0.2) is 37.2 Å². The van der Waals surface area contributed by atoms with Gasteiger partial charge in [0.2, 0.25) is 0 Å². The third-order valence-electron chi connectivity index (χ3n) is 5.38. The van der Waals surface area contributed by atoms with Gasteiger partial charge in [-0.05, 0) is 47.0 Å². The molecular formula is C27H25N3O3. The van der Waals surface area contributed by atoms with Crippen LogP contribution in [0.5, 0.6) is 5.75 Å². The molecule has 0 aliphatic carbocycles. The number of hydrogen-bond acceptors (Lipinski definition) is 6. The molecule has 166 valence electrons. The van der Waals surface area contributed by atoms with Gasteiger partial charge < -0.3 is 14.4 Å². The number of aromatic nitrogens is 2. The number of pyridine rings is 2. The molecule has 0 amide bonds. The van der Waals surface area contributed by atoms with Gasteiger partial charge >= 0.3 is 5.97 Å². The maximum absolute atomic E-state index is 12.4. The third-order valence-corrected chi connectivity index (χ3v) is 5.38. The Kier molecular flexibility index (Phi) is 6.64. The van der Waals surface area contributed by atoms with Gasteiger partial charge in [-0.1, -0.05) is 42.5 Å². The van der Waals surface area contributed by atoms with Crippen LogP contribution in [0.2, 0.25) is 0 Å². The Balaban J connectivity index is 1.65. The van der Waals surface area contributed by atoms with E-state index in [4.69, 9.17) is 14.5 Å². The molecule has 2 heterocycles. The van der Waals surface area contributed by atoms with Gasteiger partial charge in [-0.25, -0.2) is 9.78 Å². The van der Waals surface area contributed by atoms with Gasteiger partial charge in [0.25, 0.3) is 0 Å². The second-order valence-electron chi connectivity index (χ2n) is 7.61. The van der Waals surface area contributed by atoms with Crippen molar-refractivity contribution in [3.8, 4) is 28.1 Å². The van der Waals surface area contributed by atoms with Gasteiger partial charge in [0.05, 0.1) is 25.5 Å². The molecule has 0 atom stereocenters. The summed E-state index contributed by atoms with van der Waals surface area (Å²) in [6, 6.07) is 23.4. The van der Waals surface area contributed by atoms with E-state index < -0.39 is 5.97 Å². The Morgan fingerprint density at radius 1 is 0.909 bits per heavy atom. The fraction of sp³-hybridized carbons (Fsp3) is 0.148. The van der Waals surface area contributed by atoms with Gasteiger partial charge in [-0.15, -0.1) is 0 Å². The molecule has 0 N–H and O–H groups in total. The molecule has 0 aliphatic heterocycles. The van der Waals surface area contributed by atoms with Crippen molar-refractivity contribution in [1.82, 2.24) is 9.97 Å². The number of rotatable bonds is 7. The lowest BCUT2D eigenvalue weighted by Gasteiger charge is -2.20. The topological polar surface area (TPSA) is 64.5 Å². The Morgan fingerprint density at radius 2 is 1.64 bits per heavy atom. The minimum atomic E-state index is -0.398. The first-order valence-electron chi connectivity index (χ1n) is 10.5. The van der Waals surface area contributed by atoms with E-state index in [9.17, 15) is 4.79 Å². The molecule has 0 saturated carbocycles. The molecule has 0 aliphatic rings. The van der Waals surface area contributed by atoms with Gasteiger partial charge in [0.15, 0.2) is 0 Å². The minimum absolute atomic E-state index is 0.398. The summed E-state index contributed by atoms with van der Waals surface area (Å²) in [4.78, 5) is 23.4. The number of benzene rings is 2. The molecule has 2 aromatic heterocycles. The van der Waals surface area contributed by atoms with Crippen molar-refractivity contribution in [2.75, 3.05) is 26.2 Å². The van der Waals surface area contributed by atoms with Crippen LogP contribution in [0.15, 0.2) is 85.2 Å².